The van der Waals surface area contributed by atoms with E-state index in [1.165, 1.54) is 13.2 Å². The molecule has 46 heavy (non-hydrogen) atoms. The van der Waals surface area contributed by atoms with Crippen molar-refractivity contribution < 1.29 is 45.8 Å². The van der Waals surface area contributed by atoms with E-state index >= 15 is 0 Å². The van der Waals surface area contributed by atoms with Crippen molar-refractivity contribution in [1.82, 2.24) is 26.2 Å². The van der Waals surface area contributed by atoms with Crippen molar-refractivity contribution in [3.05, 3.63) is 70.5 Å². The molecule has 0 saturated carbocycles. The van der Waals surface area contributed by atoms with Gasteiger partial charge in [-0.3, -0.25) is 0 Å². The Labute approximate surface area is 261 Å². The molecule has 0 bridgehead atoms. The molecule has 2 heterocycles. The van der Waals surface area contributed by atoms with Crippen LogP contribution in [-0.4, -0.2) is 81.7 Å². The van der Waals surface area contributed by atoms with Gasteiger partial charge in [0.25, 0.3) is 0 Å². The number of carbonyl (C=O) groups excluding carboxylic acids is 3. The van der Waals surface area contributed by atoms with Gasteiger partial charge in [-0.15, -0.1) is 0 Å². The molecule has 0 spiro atoms. The van der Waals surface area contributed by atoms with Crippen LogP contribution >= 0.6 is 0 Å². The van der Waals surface area contributed by atoms with Crippen molar-refractivity contribution in [1.29, 1.82) is 5.26 Å². The van der Waals surface area contributed by atoms with E-state index in [1.54, 1.807) is 0 Å². The first-order valence-corrected chi connectivity index (χ1v) is 14.3. The summed E-state index contributed by atoms with van der Waals surface area (Å²) in [6.45, 7) is 0.440. The zero-order valence-corrected chi connectivity index (χ0v) is 25.0. The summed E-state index contributed by atoms with van der Waals surface area (Å²) in [4.78, 5) is 40.0. The number of ether oxygens (including phenoxy) is 2. The molecule has 1 fully saturated rings. The summed E-state index contributed by atoms with van der Waals surface area (Å²) in [5, 5.41) is 21.4. The van der Waals surface area contributed by atoms with Gasteiger partial charge >= 0.3 is 24.2 Å². The molecule has 11 nitrogen and oxygen atoms in total. The third-order valence-electron chi connectivity index (χ3n) is 8.12. The molecule has 0 aromatic heterocycles. The van der Waals surface area contributed by atoms with Crippen LogP contribution in [0.25, 0.3) is 0 Å². The van der Waals surface area contributed by atoms with Crippen molar-refractivity contribution in [2.45, 2.75) is 43.6 Å². The van der Waals surface area contributed by atoms with Crippen molar-refractivity contribution in [2.75, 3.05) is 40.5 Å². The molecule has 1 aliphatic carbocycles. The van der Waals surface area contributed by atoms with Crippen molar-refractivity contribution in [3.63, 3.8) is 0 Å². The Morgan fingerprint density at radius 1 is 1.20 bits per heavy atom. The highest BCUT2D eigenvalue weighted by atomic mass is 19.4. The van der Waals surface area contributed by atoms with Gasteiger partial charge in [0.2, 0.25) is 0 Å². The fourth-order valence-electron chi connectivity index (χ4n) is 5.79. The first-order chi connectivity index (χ1) is 21.8. The lowest BCUT2D eigenvalue weighted by atomic mass is 9.71. The van der Waals surface area contributed by atoms with Gasteiger partial charge in [-0.2, -0.15) is 18.4 Å². The van der Waals surface area contributed by atoms with Crippen LogP contribution in [0.3, 0.4) is 0 Å². The van der Waals surface area contributed by atoms with Gasteiger partial charge in [-0.1, -0.05) is 24.3 Å². The number of hydrogen-bond donors (Lipinski definition) is 4. The monoisotopic (exact) mass is 652 g/mol. The topological polar surface area (TPSA) is 145 Å². The summed E-state index contributed by atoms with van der Waals surface area (Å²) in [5.41, 5.74) is -2.26. The molecule has 1 aromatic carbocycles. The Morgan fingerprint density at radius 2 is 1.96 bits per heavy atom. The van der Waals surface area contributed by atoms with E-state index in [2.05, 4.69) is 27.3 Å². The van der Waals surface area contributed by atoms with Crippen LogP contribution < -0.4 is 21.3 Å². The molecule has 4 atom stereocenters. The second-order valence-corrected chi connectivity index (χ2v) is 11.0. The van der Waals surface area contributed by atoms with Gasteiger partial charge in [-0.05, 0) is 43.5 Å². The van der Waals surface area contributed by atoms with E-state index in [0.29, 0.717) is 24.3 Å². The van der Waals surface area contributed by atoms with E-state index < -0.39 is 58.9 Å². The number of halogens is 5. The molecular formula is C30H33F5N6O5. The van der Waals surface area contributed by atoms with Crippen LogP contribution in [0.2, 0.25) is 0 Å². The van der Waals surface area contributed by atoms with Crippen LogP contribution in [0.5, 0.6) is 0 Å². The number of piperidine rings is 1. The number of nitrogens with one attached hydrogen (secondary N) is 4. The number of imide groups is 1. The first kappa shape index (κ1) is 34.5. The van der Waals surface area contributed by atoms with Crippen LogP contribution in [0.4, 0.5) is 31.5 Å². The molecule has 2 aliphatic heterocycles. The highest BCUT2D eigenvalue weighted by molar-refractivity contribution is 6.01. The number of alkyl halides is 3. The van der Waals surface area contributed by atoms with E-state index in [9.17, 15) is 41.6 Å². The molecule has 4 rings (SSSR count). The molecular weight excluding hydrogens is 619 g/mol. The number of hydrogen-bond acceptors (Lipinski definition) is 8. The van der Waals surface area contributed by atoms with Gasteiger partial charge in [-0.25, -0.2) is 28.1 Å². The zero-order valence-electron chi connectivity index (χ0n) is 25.0. The highest BCUT2D eigenvalue weighted by Crippen LogP contribution is 2.40. The SMILES string of the molecule is COCC1=C(C(=O)OC)C(c2ccc(F)c(F)c2)N(C(=O)NCCNC2CCNC(C3(C#N)C=CC(C(F)(F)F)=CC3)C2)C(=O)N1. The Morgan fingerprint density at radius 3 is 2.57 bits per heavy atom. The maximum absolute atomic E-state index is 14.3. The average Bonchev–Trinajstić information content (AvgIpc) is 3.03. The number of nitrogens with zero attached hydrogens (tertiary/aromatic N) is 2. The van der Waals surface area contributed by atoms with Gasteiger partial charge in [0.1, 0.15) is 6.04 Å². The number of esters is 1. The molecule has 16 heteroatoms. The summed E-state index contributed by atoms with van der Waals surface area (Å²) in [5.74, 6) is -3.37. The molecule has 1 saturated heterocycles. The number of amides is 4. The minimum atomic E-state index is -4.50. The minimum Gasteiger partial charge on any atom is -0.466 e. The predicted molar refractivity (Wildman–Crippen MR) is 153 cm³/mol. The van der Waals surface area contributed by atoms with Gasteiger partial charge in [0, 0.05) is 32.3 Å². The maximum atomic E-state index is 14.3. The zero-order chi connectivity index (χ0) is 33.6. The predicted octanol–water partition coefficient (Wildman–Crippen LogP) is 3.48. The molecule has 4 amide bonds. The first-order valence-electron chi connectivity index (χ1n) is 14.3. The van der Waals surface area contributed by atoms with Crippen LogP contribution in [0.15, 0.2) is 53.3 Å². The Bertz CT molecular complexity index is 1490. The summed E-state index contributed by atoms with van der Waals surface area (Å²) >= 11 is 0. The van der Waals surface area contributed by atoms with Gasteiger partial charge in [0.15, 0.2) is 11.6 Å². The van der Waals surface area contributed by atoms with E-state index in [-0.39, 0.29) is 49.0 Å². The van der Waals surface area contributed by atoms with E-state index in [4.69, 9.17) is 9.47 Å². The molecule has 4 N–H and O–H groups in total. The van der Waals surface area contributed by atoms with Crippen molar-refractivity contribution in [2.24, 2.45) is 5.41 Å². The molecule has 0 radical (unpaired) electrons. The summed E-state index contributed by atoms with van der Waals surface area (Å²) in [6, 6.07) is 0.929. The maximum Gasteiger partial charge on any atom is 0.416 e. The normalized spacial score (nSPS) is 25.0. The number of nitriles is 1. The molecule has 4 unspecified atom stereocenters. The Kier molecular flexibility index (Phi) is 10.8. The average molecular weight is 653 g/mol. The smallest absolute Gasteiger partial charge is 0.416 e. The van der Waals surface area contributed by atoms with Crippen LogP contribution in [0.1, 0.15) is 30.9 Å². The molecule has 1 aromatic rings. The number of benzene rings is 1. The number of rotatable bonds is 9. The third kappa shape index (κ3) is 7.38. The lowest BCUT2D eigenvalue weighted by molar-refractivity contribution is -0.137. The number of allylic oxidation sites excluding steroid dienone is 3. The quantitative estimate of drug-likeness (QED) is 0.180. The number of urea groups is 2. The minimum absolute atomic E-state index is 0.00904. The van der Waals surface area contributed by atoms with E-state index in [1.807, 2.05) is 0 Å². The Hall–Kier alpha value is -4.33. The number of methoxy groups -OCH3 is 2. The third-order valence-corrected chi connectivity index (χ3v) is 8.12. The molecule has 248 valence electrons. The summed E-state index contributed by atoms with van der Waals surface area (Å²) in [6.07, 6.45) is -0.269. The van der Waals surface area contributed by atoms with Crippen molar-refractivity contribution >= 4 is 18.0 Å². The second-order valence-electron chi connectivity index (χ2n) is 11.0. The summed E-state index contributed by atoms with van der Waals surface area (Å²) < 4.78 is 77.2. The van der Waals surface area contributed by atoms with Crippen LogP contribution in [-0.2, 0) is 14.3 Å². The lowest BCUT2D eigenvalue weighted by Crippen LogP contribution is -2.56. The molecule has 3 aliphatic rings. The standard InChI is InChI=1S/C30H33F5N6O5/c1-45-15-22-24(26(42)46-2)25(17-3-4-20(31)21(32)13-17)41(28(44)40-22)27(43)39-12-11-37-19-7-10-38-23(14-19)29(16-36)8-5-18(6-9-29)30(33,34)35/h3-6,8,13,19,23,25,37-38H,7,9-12,14-15H2,1-2H3,(H,39,43)(H,40,44). The van der Waals surface area contributed by atoms with Crippen molar-refractivity contribution in [3.8, 4) is 6.07 Å². The number of carbonyl (C=O) groups is 3. The second kappa shape index (κ2) is 14.4. The fraction of sp³-hybridized carbons (Fsp3) is 0.467. The summed E-state index contributed by atoms with van der Waals surface area (Å²) in [7, 11) is 2.39. The fourth-order valence-corrected chi connectivity index (χ4v) is 5.79. The van der Waals surface area contributed by atoms with Crippen LogP contribution in [0, 0.1) is 28.4 Å². The Balaban J connectivity index is 1.43. The van der Waals surface area contributed by atoms with E-state index in [0.717, 1.165) is 37.5 Å². The largest absolute Gasteiger partial charge is 0.466 e. The highest BCUT2D eigenvalue weighted by Gasteiger charge is 2.44. The lowest BCUT2D eigenvalue weighted by Gasteiger charge is -2.40. The van der Waals surface area contributed by atoms with Gasteiger partial charge < -0.3 is 30.7 Å². The van der Waals surface area contributed by atoms with Gasteiger partial charge in [0.05, 0.1) is 42.0 Å².